The first-order valence-electron chi connectivity index (χ1n) is 8.58. The van der Waals surface area contributed by atoms with Crippen molar-refractivity contribution < 1.29 is 14.3 Å². The zero-order valence-electron chi connectivity index (χ0n) is 15.4. The average Bonchev–Trinajstić information content (AvgIpc) is 2.65. The van der Waals surface area contributed by atoms with Crippen molar-refractivity contribution in [3.63, 3.8) is 0 Å². The molecular formula is C21H15Cl3FNO3. The van der Waals surface area contributed by atoms with Gasteiger partial charge in [-0.2, -0.15) is 0 Å². The summed E-state index contributed by atoms with van der Waals surface area (Å²) in [6, 6.07) is 8.51. The Labute approximate surface area is 181 Å². The molecule has 0 spiro atoms. The first-order chi connectivity index (χ1) is 13.7. The van der Waals surface area contributed by atoms with Crippen LogP contribution in [0.1, 0.15) is 23.0 Å². The maximum Gasteiger partial charge on any atom is 0.341 e. The number of carboxylic acid groups (broad SMARTS) is 1. The molecule has 4 nitrogen and oxygen atoms in total. The first-order valence-corrected chi connectivity index (χ1v) is 9.72. The molecule has 150 valence electrons. The number of rotatable bonds is 4. The molecule has 0 bridgehead atoms. The van der Waals surface area contributed by atoms with Crippen LogP contribution in [0.5, 0.6) is 0 Å². The van der Waals surface area contributed by atoms with Gasteiger partial charge in [-0.1, -0.05) is 40.9 Å². The van der Waals surface area contributed by atoms with Gasteiger partial charge in [-0.15, -0.1) is 0 Å². The smallest absolute Gasteiger partial charge is 0.341 e. The third kappa shape index (κ3) is 3.78. The number of pyridine rings is 1. The van der Waals surface area contributed by atoms with Crippen LogP contribution in [0, 0.1) is 12.7 Å². The number of nitrogens with zero attached hydrogens (tertiary/aromatic N) is 1. The van der Waals surface area contributed by atoms with Crippen LogP contribution >= 0.6 is 34.8 Å². The summed E-state index contributed by atoms with van der Waals surface area (Å²) in [6.45, 7) is 3.78. The first kappa shape index (κ1) is 21.4. The number of halogens is 4. The van der Waals surface area contributed by atoms with E-state index in [-0.39, 0.29) is 26.9 Å². The van der Waals surface area contributed by atoms with Gasteiger partial charge in [0.05, 0.1) is 21.3 Å². The van der Waals surface area contributed by atoms with Gasteiger partial charge in [-0.3, -0.25) is 4.79 Å². The molecule has 1 heterocycles. The van der Waals surface area contributed by atoms with Crippen LogP contribution in [0.3, 0.4) is 0 Å². The fourth-order valence-corrected chi connectivity index (χ4v) is 3.84. The fraction of sp³-hybridized carbons (Fsp3) is 0.143. The summed E-state index contributed by atoms with van der Waals surface area (Å²) < 4.78 is 16.2. The molecule has 29 heavy (non-hydrogen) atoms. The third-order valence-corrected chi connectivity index (χ3v) is 5.63. The largest absolute Gasteiger partial charge is 0.477 e. The maximum absolute atomic E-state index is 14.6. The van der Waals surface area contributed by atoms with Gasteiger partial charge >= 0.3 is 5.97 Å². The van der Waals surface area contributed by atoms with Crippen molar-refractivity contribution in [3.05, 3.63) is 78.8 Å². The lowest BCUT2D eigenvalue weighted by molar-refractivity contribution is 0.0695. The van der Waals surface area contributed by atoms with Crippen LogP contribution < -0.4 is 5.43 Å². The molecule has 0 radical (unpaired) electrons. The predicted octanol–water partition coefficient (Wildman–Crippen LogP) is 6.31. The van der Waals surface area contributed by atoms with Crippen LogP contribution in [0.2, 0.25) is 15.1 Å². The van der Waals surface area contributed by atoms with Crippen molar-refractivity contribution >= 4 is 40.8 Å². The second kappa shape index (κ2) is 8.19. The van der Waals surface area contributed by atoms with E-state index in [0.717, 1.165) is 6.07 Å². The van der Waals surface area contributed by atoms with E-state index in [1.165, 1.54) is 24.3 Å². The SMILES string of the molecule is CCn1c(C)c(-c2ccc(Cl)cc2F)c(=O)c(C(=O)O)c1-c1ccc(Cl)c(Cl)c1. The number of carbonyl (C=O) groups is 1. The van der Waals surface area contributed by atoms with Crippen molar-refractivity contribution in [3.8, 4) is 22.4 Å². The Morgan fingerprint density at radius 1 is 1.10 bits per heavy atom. The average molecular weight is 455 g/mol. The number of aromatic carboxylic acids is 1. The molecule has 2 aromatic carbocycles. The van der Waals surface area contributed by atoms with Gasteiger partial charge in [-0.05, 0) is 44.2 Å². The summed E-state index contributed by atoms with van der Waals surface area (Å²) in [5, 5.41) is 10.5. The normalized spacial score (nSPS) is 11.0. The Bertz CT molecular complexity index is 1200. The zero-order chi connectivity index (χ0) is 21.5. The predicted molar refractivity (Wildman–Crippen MR) is 114 cm³/mol. The molecular weight excluding hydrogens is 440 g/mol. The van der Waals surface area contributed by atoms with Crippen molar-refractivity contribution in [1.82, 2.24) is 4.57 Å². The van der Waals surface area contributed by atoms with Crippen molar-refractivity contribution in [2.45, 2.75) is 20.4 Å². The summed E-state index contributed by atoms with van der Waals surface area (Å²) in [7, 11) is 0. The van der Waals surface area contributed by atoms with Crippen LogP contribution in [-0.4, -0.2) is 15.6 Å². The lowest BCUT2D eigenvalue weighted by Gasteiger charge is -2.21. The number of carboxylic acids is 1. The molecule has 0 aliphatic carbocycles. The number of hydrogen-bond acceptors (Lipinski definition) is 2. The van der Waals surface area contributed by atoms with Crippen LogP contribution in [0.15, 0.2) is 41.2 Å². The van der Waals surface area contributed by atoms with Crippen LogP contribution in [-0.2, 0) is 6.54 Å². The van der Waals surface area contributed by atoms with Gasteiger partial charge in [0.1, 0.15) is 11.4 Å². The van der Waals surface area contributed by atoms with Crippen LogP contribution in [0.25, 0.3) is 22.4 Å². The third-order valence-electron chi connectivity index (χ3n) is 4.65. The highest BCUT2D eigenvalue weighted by Gasteiger charge is 2.26. The van der Waals surface area contributed by atoms with E-state index >= 15 is 0 Å². The Kier molecular flexibility index (Phi) is 6.03. The van der Waals surface area contributed by atoms with Gasteiger partial charge in [0, 0.05) is 28.4 Å². The van der Waals surface area contributed by atoms with Gasteiger partial charge in [-0.25, -0.2) is 9.18 Å². The standard InChI is InChI=1S/C21H15Cl3FNO3/c1-3-26-10(2)17(13-6-5-12(22)9-16(13)25)20(27)18(21(28)29)19(26)11-4-7-14(23)15(24)8-11/h4-9H,3H2,1-2H3,(H,28,29). The molecule has 0 atom stereocenters. The lowest BCUT2D eigenvalue weighted by Crippen LogP contribution is -2.25. The molecule has 1 aromatic heterocycles. The number of aromatic nitrogens is 1. The van der Waals surface area contributed by atoms with Crippen LogP contribution in [0.4, 0.5) is 4.39 Å². The molecule has 0 saturated carbocycles. The molecule has 3 aromatic rings. The highest BCUT2D eigenvalue weighted by Crippen LogP contribution is 2.34. The molecule has 0 unspecified atom stereocenters. The summed E-state index contributed by atoms with van der Waals surface area (Å²) in [5.41, 5.74) is -0.280. The Balaban J connectivity index is 2.47. The number of benzene rings is 2. The van der Waals surface area contributed by atoms with Gasteiger partial charge < -0.3 is 9.67 Å². The molecule has 8 heteroatoms. The molecule has 3 rings (SSSR count). The van der Waals surface area contributed by atoms with E-state index in [4.69, 9.17) is 34.8 Å². The van der Waals surface area contributed by atoms with Crippen molar-refractivity contribution in [1.29, 1.82) is 0 Å². The minimum atomic E-state index is -1.42. The van der Waals surface area contributed by atoms with Crippen molar-refractivity contribution in [2.24, 2.45) is 0 Å². The molecule has 1 N–H and O–H groups in total. The van der Waals surface area contributed by atoms with E-state index < -0.39 is 22.8 Å². The number of hydrogen-bond donors (Lipinski definition) is 1. The molecule has 0 saturated heterocycles. The van der Waals surface area contributed by atoms with E-state index in [1.54, 1.807) is 24.5 Å². The van der Waals surface area contributed by atoms with E-state index in [2.05, 4.69) is 0 Å². The van der Waals surface area contributed by atoms with Gasteiger partial charge in [0.25, 0.3) is 0 Å². The zero-order valence-corrected chi connectivity index (χ0v) is 17.7. The highest BCUT2D eigenvalue weighted by atomic mass is 35.5. The fourth-order valence-electron chi connectivity index (χ4n) is 3.38. The molecule has 0 aliphatic heterocycles. The molecule has 0 fully saturated rings. The summed E-state index contributed by atoms with van der Waals surface area (Å²) in [4.78, 5) is 25.3. The van der Waals surface area contributed by atoms with Crippen molar-refractivity contribution in [2.75, 3.05) is 0 Å². The van der Waals surface area contributed by atoms with E-state index in [0.29, 0.717) is 22.8 Å². The van der Waals surface area contributed by atoms with Gasteiger partial charge in [0.15, 0.2) is 0 Å². The molecule has 0 aliphatic rings. The Hall–Kier alpha value is -2.34. The quantitative estimate of drug-likeness (QED) is 0.502. The maximum atomic E-state index is 14.6. The Morgan fingerprint density at radius 3 is 2.34 bits per heavy atom. The minimum Gasteiger partial charge on any atom is -0.477 e. The summed E-state index contributed by atoms with van der Waals surface area (Å²) in [6.07, 6.45) is 0. The second-order valence-corrected chi connectivity index (χ2v) is 7.57. The molecule has 0 amide bonds. The van der Waals surface area contributed by atoms with Gasteiger partial charge in [0.2, 0.25) is 5.43 Å². The highest BCUT2D eigenvalue weighted by molar-refractivity contribution is 6.42. The lowest BCUT2D eigenvalue weighted by atomic mass is 9.96. The minimum absolute atomic E-state index is 0.0118. The van der Waals surface area contributed by atoms with E-state index in [9.17, 15) is 19.1 Å². The Morgan fingerprint density at radius 2 is 1.79 bits per heavy atom. The van der Waals surface area contributed by atoms with E-state index in [1.807, 2.05) is 0 Å². The summed E-state index contributed by atoms with van der Waals surface area (Å²) >= 11 is 17.9. The topological polar surface area (TPSA) is 59.3 Å². The monoisotopic (exact) mass is 453 g/mol. The summed E-state index contributed by atoms with van der Waals surface area (Å²) in [5.74, 6) is -2.13. The second-order valence-electron chi connectivity index (χ2n) is 6.32.